The monoisotopic (exact) mass is 343 g/mol. The van der Waals surface area contributed by atoms with Crippen molar-refractivity contribution in [1.29, 1.82) is 0 Å². The molecule has 5 nitrogen and oxygen atoms in total. The van der Waals surface area contributed by atoms with Gasteiger partial charge >= 0.3 is 11.4 Å². The Bertz CT molecular complexity index is 924. The SMILES string of the molecule is CC(C)c1c(O)cc(-c2cnc3ccccc3c2)cc1OS(=O)O. The van der Waals surface area contributed by atoms with Gasteiger partial charge in [0.2, 0.25) is 0 Å². The van der Waals surface area contributed by atoms with Crippen molar-refractivity contribution >= 4 is 22.3 Å². The molecule has 0 aliphatic carbocycles. The first-order valence-electron chi connectivity index (χ1n) is 7.47. The quantitative estimate of drug-likeness (QED) is 0.692. The summed E-state index contributed by atoms with van der Waals surface area (Å²) in [7, 11) is 0. The number of phenols is 1. The van der Waals surface area contributed by atoms with Crippen molar-refractivity contribution in [1.82, 2.24) is 4.98 Å². The molecule has 0 saturated carbocycles. The number of para-hydroxylation sites is 1. The second-order valence-electron chi connectivity index (χ2n) is 5.78. The van der Waals surface area contributed by atoms with Gasteiger partial charge < -0.3 is 9.29 Å². The second kappa shape index (κ2) is 6.59. The van der Waals surface area contributed by atoms with Gasteiger partial charge in [0, 0.05) is 22.7 Å². The van der Waals surface area contributed by atoms with Crippen molar-refractivity contribution < 1.29 is 18.1 Å². The molecule has 1 heterocycles. The van der Waals surface area contributed by atoms with E-state index in [2.05, 4.69) is 4.98 Å². The zero-order chi connectivity index (χ0) is 17.3. The van der Waals surface area contributed by atoms with Crippen LogP contribution < -0.4 is 4.18 Å². The highest BCUT2D eigenvalue weighted by molar-refractivity contribution is 7.74. The maximum absolute atomic E-state index is 11.1. The molecule has 124 valence electrons. The number of aromatic hydroxyl groups is 1. The fourth-order valence-electron chi connectivity index (χ4n) is 2.73. The molecule has 24 heavy (non-hydrogen) atoms. The van der Waals surface area contributed by atoms with Gasteiger partial charge in [-0.15, -0.1) is 0 Å². The average molecular weight is 343 g/mol. The highest BCUT2D eigenvalue weighted by Crippen LogP contribution is 2.39. The highest BCUT2D eigenvalue weighted by Gasteiger charge is 2.18. The minimum atomic E-state index is -2.47. The van der Waals surface area contributed by atoms with Gasteiger partial charge in [-0.3, -0.25) is 9.54 Å². The summed E-state index contributed by atoms with van der Waals surface area (Å²) in [6, 6.07) is 12.9. The van der Waals surface area contributed by atoms with E-state index >= 15 is 0 Å². The summed E-state index contributed by atoms with van der Waals surface area (Å²) in [6.07, 6.45) is 1.70. The Morgan fingerprint density at radius 2 is 1.88 bits per heavy atom. The van der Waals surface area contributed by atoms with Crippen LogP contribution in [0.3, 0.4) is 0 Å². The molecule has 2 aromatic carbocycles. The smallest absolute Gasteiger partial charge is 0.357 e. The van der Waals surface area contributed by atoms with Crippen LogP contribution >= 0.6 is 0 Å². The lowest BCUT2D eigenvalue weighted by atomic mass is 9.96. The molecule has 0 aliphatic heterocycles. The third-order valence-corrected chi connectivity index (χ3v) is 4.10. The first kappa shape index (κ1) is 16.4. The van der Waals surface area contributed by atoms with Gasteiger partial charge in [0.1, 0.15) is 11.5 Å². The van der Waals surface area contributed by atoms with Crippen LogP contribution in [0.15, 0.2) is 48.7 Å². The van der Waals surface area contributed by atoms with Gasteiger partial charge in [-0.1, -0.05) is 32.0 Å². The molecule has 0 saturated heterocycles. The van der Waals surface area contributed by atoms with Crippen molar-refractivity contribution in [3.63, 3.8) is 0 Å². The molecule has 0 bridgehead atoms. The van der Waals surface area contributed by atoms with E-state index < -0.39 is 11.4 Å². The Morgan fingerprint density at radius 1 is 1.12 bits per heavy atom. The maximum Gasteiger partial charge on any atom is 0.357 e. The number of benzene rings is 2. The largest absolute Gasteiger partial charge is 0.507 e. The number of rotatable bonds is 4. The molecule has 0 spiro atoms. The van der Waals surface area contributed by atoms with Gasteiger partial charge in [0.25, 0.3) is 0 Å². The minimum absolute atomic E-state index is 0.0242. The van der Waals surface area contributed by atoms with Crippen LogP contribution in [-0.4, -0.2) is 18.9 Å². The van der Waals surface area contributed by atoms with E-state index in [1.54, 1.807) is 18.3 Å². The summed E-state index contributed by atoms with van der Waals surface area (Å²) in [5, 5.41) is 11.3. The standard InChI is InChI=1S/C18H17NO4S/c1-11(2)18-16(20)8-13(9-17(18)23-24(21)22)14-7-12-5-3-4-6-15(12)19-10-14/h3-11,20H,1-2H3,(H,21,22). The number of hydrogen-bond acceptors (Lipinski definition) is 4. The van der Waals surface area contributed by atoms with E-state index in [4.69, 9.17) is 8.74 Å². The lowest BCUT2D eigenvalue weighted by Crippen LogP contribution is -2.02. The Hall–Kier alpha value is -2.44. The van der Waals surface area contributed by atoms with Crippen LogP contribution in [0.5, 0.6) is 11.5 Å². The van der Waals surface area contributed by atoms with E-state index in [0.717, 1.165) is 16.5 Å². The fourth-order valence-corrected chi connectivity index (χ4v) is 3.03. The summed E-state index contributed by atoms with van der Waals surface area (Å²) < 4.78 is 25.1. The van der Waals surface area contributed by atoms with E-state index in [0.29, 0.717) is 11.1 Å². The van der Waals surface area contributed by atoms with Crippen LogP contribution in [0.25, 0.3) is 22.0 Å². The molecule has 2 N–H and O–H groups in total. The Morgan fingerprint density at radius 3 is 2.58 bits per heavy atom. The fraction of sp³-hybridized carbons (Fsp3) is 0.167. The molecule has 0 amide bonds. The Labute approximate surface area is 142 Å². The van der Waals surface area contributed by atoms with Gasteiger partial charge in [-0.2, -0.15) is 4.21 Å². The summed E-state index contributed by atoms with van der Waals surface area (Å²) in [6.45, 7) is 3.75. The van der Waals surface area contributed by atoms with E-state index in [1.807, 2.05) is 44.2 Å². The first-order valence-corrected chi connectivity index (χ1v) is 8.50. The summed E-state index contributed by atoms with van der Waals surface area (Å²) in [4.78, 5) is 4.40. The normalized spacial score (nSPS) is 12.5. The summed E-state index contributed by atoms with van der Waals surface area (Å²) in [5.41, 5.74) is 2.82. The maximum atomic E-state index is 11.1. The molecule has 0 radical (unpaired) electrons. The Balaban J connectivity index is 2.15. The molecule has 3 aromatic rings. The number of pyridine rings is 1. The zero-order valence-electron chi connectivity index (χ0n) is 13.3. The third-order valence-electron chi connectivity index (χ3n) is 3.78. The van der Waals surface area contributed by atoms with Crippen LogP contribution in [-0.2, 0) is 11.4 Å². The van der Waals surface area contributed by atoms with Crippen LogP contribution in [0.4, 0.5) is 0 Å². The predicted molar refractivity (Wildman–Crippen MR) is 94.3 cm³/mol. The Kier molecular flexibility index (Phi) is 4.51. The van der Waals surface area contributed by atoms with Gasteiger partial charge in [-0.25, -0.2) is 0 Å². The molecular weight excluding hydrogens is 326 g/mol. The van der Waals surface area contributed by atoms with Crippen molar-refractivity contribution in [3.05, 3.63) is 54.2 Å². The lowest BCUT2D eigenvalue weighted by molar-refractivity contribution is 0.439. The lowest BCUT2D eigenvalue weighted by Gasteiger charge is -2.15. The van der Waals surface area contributed by atoms with Crippen molar-refractivity contribution in [3.8, 4) is 22.6 Å². The molecule has 1 aromatic heterocycles. The van der Waals surface area contributed by atoms with Crippen LogP contribution in [0.1, 0.15) is 25.3 Å². The second-order valence-corrected chi connectivity index (χ2v) is 6.38. The van der Waals surface area contributed by atoms with Crippen LogP contribution in [0.2, 0.25) is 0 Å². The summed E-state index contributed by atoms with van der Waals surface area (Å²) >= 11 is -2.47. The molecule has 6 heteroatoms. The topological polar surface area (TPSA) is 79.7 Å². The minimum Gasteiger partial charge on any atom is -0.507 e. The third kappa shape index (κ3) is 3.25. The number of phenolic OH excluding ortho intramolecular Hbond substituents is 1. The molecule has 3 rings (SSSR count). The molecule has 0 aliphatic rings. The molecular formula is C18H17NO4S. The number of nitrogens with zero attached hydrogens (tertiary/aromatic N) is 1. The van der Waals surface area contributed by atoms with Crippen molar-refractivity contribution in [2.75, 3.05) is 0 Å². The number of aromatic nitrogens is 1. The van der Waals surface area contributed by atoms with E-state index in [9.17, 15) is 9.32 Å². The molecule has 0 fully saturated rings. The van der Waals surface area contributed by atoms with Gasteiger partial charge in [-0.05, 0) is 35.7 Å². The van der Waals surface area contributed by atoms with Gasteiger partial charge in [0.15, 0.2) is 0 Å². The summed E-state index contributed by atoms with van der Waals surface area (Å²) in [5.74, 6) is 0.150. The average Bonchev–Trinajstić information content (AvgIpc) is 2.53. The number of hydrogen-bond donors (Lipinski definition) is 2. The zero-order valence-corrected chi connectivity index (χ0v) is 14.1. The first-order chi connectivity index (χ1) is 11.5. The van der Waals surface area contributed by atoms with Crippen molar-refractivity contribution in [2.24, 2.45) is 0 Å². The number of fused-ring (bicyclic) bond motifs is 1. The van der Waals surface area contributed by atoms with E-state index in [1.165, 1.54) is 0 Å². The van der Waals surface area contributed by atoms with Gasteiger partial charge in [0.05, 0.1) is 5.52 Å². The van der Waals surface area contributed by atoms with Crippen LogP contribution in [0, 0.1) is 0 Å². The highest BCUT2D eigenvalue weighted by atomic mass is 32.2. The predicted octanol–water partition coefficient (Wildman–Crippen LogP) is 4.25. The van der Waals surface area contributed by atoms with E-state index in [-0.39, 0.29) is 17.4 Å². The molecule has 1 unspecified atom stereocenters. The molecule has 1 atom stereocenters. The van der Waals surface area contributed by atoms with Crippen molar-refractivity contribution in [2.45, 2.75) is 19.8 Å².